The van der Waals surface area contributed by atoms with E-state index in [0.717, 1.165) is 18.1 Å². The molecule has 0 aliphatic rings. The zero-order valence-electron chi connectivity index (χ0n) is 11.0. The lowest BCUT2D eigenvalue weighted by molar-refractivity contribution is 0.117. The molecule has 0 radical (unpaired) electrons. The van der Waals surface area contributed by atoms with Crippen LogP contribution >= 0.6 is 0 Å². The molecule has 0 heterocycles. The van der Waals surface area contributed by atoms with Crippen molar-refractivity contribution in [3.8, 4) is 0 Å². The molecule has 0 aliphatic carbocycles. The van der Waals surface area contributed by atoms with Gasteiger partial charge in [0.15, 0.2) is 8.32 Å². The molecule has 0 rings (SSSR count). The van der Waals surface area contributed by atoms with Crippen LogP contribution in [-0.2, 0) is 4.43 Å². The summed E-state index contributed by atoms with van der Waals surface area (Å²) in [5.41, 5.74) is -0.539. The summed E-state index contributed by atoms with van der Waals surface area (Å²) in [7, 11) is -1.69. The van der Waals surface area contributed by atoms with Crippen LogP contribution in [0.15, 0.2) is 25.3 Å². The molecule has 1 N–H and O–H groups in total. The first-order chi connectivity index (χ1) is 7.57. The minimum Gasteiger partial charge on any atom is -0.404 e. The minimum atomic E-state index is -1.69. The third-order valence-electron chi connectivity index (χ3n) is 3.53. The van der Waals surface area contributed by atoms with Gasteiger partial charge in [-0.15, -0.1) is 0 Å². The molecule has 3 heteroatoms. The average Bonchev–Trinajstić information content (AvgIpc) is 2.35. The van der Waals surface area contributed by atoms with Gasteiger partial charge < -0.3 is 9.53 Å². The SMILES string of the molecule is C=CC(C=C)(CCO)O[Si](CC)(CC)CC. The molecule has 0 saturated carbocycles. The summed E-state index contributed by atoms with van der Waals surface area (Å²) >= 11 is 0. The highest BCUT2D eigenvalue weighted by Crippen LogP contribution is 2.31. The van der Waals surface area contributed by atoms with Gasteiger partial charge in [0.05, 0.1) is 5.60 Å². The van der Waals surface area contributed by atoms with Gasteiger partial charge in [0.1, 0.15) is 0 Å². The van der Waals surface area contributed by atoms with E-state index < -0.39 is 13.9 Å². The van der Waals surface area contributed by atoms with E-state index in [4.69, 9.17) is 9.53 Å². The van der Waals surface area contributed by atoms with Crippen molar-refractivity contribution in [2.75, 3.05) is 6.61 Å². The second-order valence-electron chi connectivity index (χ2n) is 4.18. The van der Waals surface area contributed by atoms with Crippen molar-refractivity contribution in [2.24, 2.45) is 0 Å². The van der Waals surface area contributed by atoms with Gasteiger partial charge in [-0.2, -0.15) is 0 Å². The Balaban J connectivity index is 4.96. The summed E-state index contributed by atoms with van der Waals surface area (Å²) in [4.78, 5) is 0. The Morgan fingerprint density at radius 2 is 1.56 bits per heavy atom. The molecule has 94 valence electrons. The molecule has 0 saturated heterocycles. The summed E-state index contributed by atoms with van der Waals surface area (Å²) < 4.78 is 6.35. The van der Waals surface area contributed by atoms with Gasteiger partial charge in [-0.25, -0.2) is 0 Å². The maximum absolute atomic E-state index is 9.12. The van der Waals surface area contributed by atoms with Gasteiger partial charge >= 0.3 is 0 Å². The number of aliphatic hydroxyl groups is 1. The zero-order valence-corrected chi connectivity index (χ0v) is 12.0. The molecule has 0 amide bonds. The Labute approximate surface area is 101 Å². The fourth-order valence-electron chi connectivity index (χ4n) is 1.97. The molecule has 16 heavy (non-hydrogen) atoms. The first-order valence-electron chi connectivity index (χ1n) is 6.15. The van der Waals surface area contributed by atoms with Gasteiger partial charge in [0.2, 0.25) is 0 Å². The molecule has 0 bridgehead atoms. The second-order valence-corrected chi connectivity index (χ2v) is 8.87. The Morgan fingerprint density at radius 3 is 1.81 bits per heavy atom. The first-order valence-corrected chi connectivity index (χ1v) is 8.68. The molecule has 0 fully saturated rings. The third-order valence-corrected chi connectivity index (χ3v) is 8.21. The quantitative estimate of drug-likeness (QED) is 0.495. The average molecular weight is 242 g/mol. The van der Waals surface area contributed by atoms with Crippen LogP contribution in [0.5, 0.6) is 0 Å². The van der Waals surface area contributed by atoms with E-state index in [2.05, 4.69) is 33.9 Å². The summed E-state index contributed by atoms with van der Waals surface area (Å²) in [5, 5.41) is 9.12. The highest BCUT2D eigenvalue weighted by atomic mass is 28.4. The fourth-order valence-corrected chi connectivity index (χ4v) is 4.97. The zero-order chi connectivity index (χ0) is 12.7. The van der Waals surface area contributed by atoms with Crippen LogP contribution in [0.2, 0.25) is 18.1 Å². The topological polar surface area (TPSA) is 29.5 Å². The van der Waals surface area contributed by atoms with Gasteiger partial charge in [0, 0.05) is 13.0 Å². The lowest BCUT2D eigenvalue weighted by Gasteiger charge is -2.39. The Bertz CT molecular complexity index is 206. The summed E-state index contributed by atoms with van der Waals surface area (Å²) in [6.07, 6.45) is 4.10. The van der Waals surface area contributed by atoms with Gasteiger partial charge in [0.25, 0.3) is 0 Å². The summed E-state index contributed by atoms with van der Waals surface area (Å²) in [6.45, 7) is 14.3. The predicted molar refractivity (Wildman–Crippen MR) is 73.1 cm³/mol. The molecule has 0 aromatic carbocycles. The molecule has 0 aromatic heterocycles. The van der Waals surface area contributed by atoms with Gasteiger partial charge in [-0.3, -0.25) is 0 Å². The molecule has 0 unspecified atom stereocenters. The highest BCUT2D eigenvalue weighted by Gasteiger charge is 2.37. The molecule has 0 atom stereocenters. The fraction of sp³-hybridized carbons (Fsp3) is 0.692. The van der Waals surface area contributed by atoms with Crippen molar-refractivity contribution in [3.63, 3.8) is 0 Å². The van der Waals surface area contributed by atoms with Crippen molar-refractivity contribution >= 4 is 8.32 Å². The predicted octanol–water partition coefficient (Wildman–Crippen LogP) is 3.50. The highest BCUT2D eigenvalue weighted by molar-refractivity contribution is 6.73. The number of hydrogen-bond donors (Lipinski definition) is 1. The molecule has 2 nitrogen and oxygen atoms in total. The summed E-state index contributed by atoms with van der Waals surface area (Å²) in [5.74, 6) is 0. The Hall–Kier alpha value is -0.383. The van der Waals surface area contributed by atoms with E-state index in [9.17, 15) is 0 Å². The Kier molecular flexibility index (Phi) is 6.87. The molecule has 0 spiro atoms. The van der Waals surface area contributed by atoms with Crippen LogP contribution in [0.1, 0.15) is 27.2 Å². The van der Waals surface area contributed by atoms with Gasteiger partial charge in [-0.05, 0) is 18.1 Å². The standard InChI is InChI=1S/C13H26O2Si/c1-6-13(7-2,11-12-14)15-16(8-3,9-4)10-5/h6-7,14H,1-2,8-12H2,3-5H3. The van der Waals surface area contributed by atoms with Crippen LogP contribution in [-0.4, -0.2) is 25.6 Å². The normalized spacial score (nSPS) is 12.5. The number of hydrogen-bond acceptors (Lipinski definition) is 2. The monoisotopic (exact) mass is 242 g/mol. The Morgan fingerprint density at radius 1 is 1.12 bits per heavy atom. The minimum absolute atomic E-state index is 0.0969. The van der Waals surface area contributed by atoms with Crippen LogP contribution < -0.4 is 0 Å². The van der Waals surface area contributed by atoms with Gasteiger partial charge in [-0.1, -0.05) is 46.1 Å². The van der Waals surface area contributed by atoms with Crippen molar-refractivity contribution in [3.05, 3.63) is 25.3 Å². The lowest BCUT2D eigenvalue weighted by Crippen LogP contribution is -2.45. The van der Waals surface area contributed by atoms with Crippen LogP contribution in [0.3, 0.4) is 0 Å². The third kappa shape index (κ3) is 3.58. The molecular weight excluding hydrogens is 216 g/mol. The van der Waals surface area contributed by atoms with E-state index in [1.54, 1.807) is 12.2 Å². The number of aliphatic hydroxyl groups excluding tert-OH is 1. The van der Waals surface area contributed by atoms with E-state index in [-0.39, 0.29) is 6.61 Å². The van der Waals surface area contributed by atoms with E-state index in [1.165, 1.54) is 0 Å². The maximum atomic E-state index is 9.12. The van der Waals surface area contributed by atoms with Crippen LogP contribution in [0, 0.1) is 0 Å². The summed E-state index contributed by atoms with van der Waals surface area (Å²) in [6, 6.07) is 3.28. The van der Waals surface area contributed by atoms with Crippen LogP contribution in [0.25, 0.3) is 0 Å². The van der Waals surface area contributed by atoms with Crippen molar-refractivity contribution in [1.29, 1.82) is 0 Å². The maximum Gasteiger partial charge on any atom is 0.193 e. The molecular formula is C13H26O2Si. The van der Waals surface area contributed by atoms with E-state index in [0.29, 0.717) is 6.42 Å². The van der Waals surface area contributed by atoms with E-state index >= 15 is 0 Å². The van der Waals surface area contributed by atoms with Crippen molar-refractivity contribution < 1.29 is 9.53 Å². The largest absolute Gasteiger partial charge is 0.404 e. The molecule has 0 aromatic rings. The van der Waals surface area contributed by atoms with E-state index in [1.807, 2.05) is 0 Å². The lowest BCUT2D eigenvalue weighted by atomic mass is 10.0. The second kappa shape index (κ2) is 7.04. The first kappa shape index (κ1) is 15.6. The van der Waals surface area contributed by atoms with Crippen molar-refractivity contribution in [1.82, 2.24) is 0 Å². The molecule has 0 aliphatic heterocycles. The number of rotatable bonds is 9. The van der Waals surface area contributed by atoms with Crippen molar-refractivity contribution in [2.45, 2.75) is 50.9 Å². The van der Waals surface area contributed by atoms with Crippen LogP contribution in [0.4, 0.5) is 0 Å². The smallest absolute Gasteiger partial charge is 0.193 e.